The molecule has 0 bridgehead atoms. The molecule has 0 spiro atoms. The minimum Gasteiger partial charge on any atom is -0.516 e. The molecule has 174 valence electrons. The molecule has 0 fully saturated rings. The van der Waals surface area contributed by atoms with Crippen LogP contribution in [-0.4, -0.2) is 5.11 Å². The van der Waals surface area contributed by atoms with Crippen LogP contribution >= 0.6 is 0 Å². The SMILES string of the molecule is CCCCCCCCCCCCCCCCCCCCCCCCCC/C=C/O. The Morgan fingerprint density at radius 2 is 0.621 bits per heavy atom. The lowest BCUT2D eigenvalue weighted by Crippen LogP contribution is -1.84. The van der Waals surface area contributed by atoms with Gasteiger partial charge >= 0.3 is 0 Å². The third-order valence-electron chi connectivity index (χ3n) is 6.33. The standard InChI is InChI=1S/C28H56O/c1-2-3-4-5-6-7-8-9-10-11-12-13-14-15-16-17-18-19-20-21-22-23-24-25-26-27-28-29/h27-29H,2-26H2,1H3/b28-27+. The molecule has 0 aromatic heterocycles. The van der Waals surface area contributed by atoms with Crippen LogP contribution in [-0.2, 0) is 0 Å². The second-order valence-electron chi connectivity index (χ2n) is 9.31. The largest absolute Gasteiger partial charge is 0.516 e. The number of aliphatic hydroxyl groups is 1. The molecule has 1 N–H and O–H groups in total. The lowest BCUT2D eigenvalue weighted by Gasteiger charge is -2.04. The molecule has 0 radical (unpaired) electrons. The highest BCUT2D eigenvalue weighted by molar-refractivity contribution is 4.70. The van der Waals surface area contributed by atoms with Crippen LogP contribution in [0.25, 0.3) is 0 Å². The summed E-state index contributed by atoms with van der Waals surface area (Å²) >= 11 is 0. The van der Waals surface area contributed by atoms with E-state index in [1.807, 2.05) is 6.08 Å². The van der Waals surface area contributed by atoms with Crippen molar-refractivity contribution in [3.63, 3.8) is 0 Å². The maximum absolute atomic E-state index is 8.57. The van der Waals surface area contributed by atoms with Gasteiger partial charge in [0.05, 0.1) is 6.26 Å². The molecule has 0 unspecified atom stereocenters. The van der Waals surface area contributed by atoms with Gasteiger partial charge in [-0.25, -0.2) is 0 Å². The maximum atomic E-state index is 8.57. The highest BCUT2D eigenvalue weighted by Crippen LogP contribution is 2.15. The molecule has 29 heavy (non-hydrogen) atoms. The quantitative estimate of drug-likeness (QED) is 0.118. The van der Waals surface area contributed by atoms with E-state index in [9.17, 15) is 0 Å². The maximum Gasteiger partial charge on any atom is 0.0751 e. The zero-order valence-corrected chi connectivity index (χ0v) is 20.3. The first kappa shape index (κ1) is 28.5. The molecule has 0 aliphatic rings. The van der Waals surface area contributed by atoms with Crippen molar-refractivity contribution < 1.29 is 5.11 Å². The third kappa shape index (κ3) is 27.5. The van der Waals surface area contributed by atoms with Crippen LogP contribution in [0.1, 0.15) is 167 Å². The van der Waals surface area contributed by atoms with Crippen molar-refractivity contribution in [1.29, 1.82) is 0 Å². The Labute approximate surface area is 185 Å². The molecule has 1 nitrogen and oxygen atoms in total. The summed E-state index contributed by atoms with van der Waals surface area (Å²) in [6.07, 6.45) is 38.6. The molecule has 0 aromatic carbocycles. The summed E-state index contributed by atoms with van der Waals surface area (Å²) in [5, 5.41) is 8.57. The van der Waals surface area contributed by atoms with Gasteiger partial charge in [0.25, 0.3) is 0 Å². The van der Waals surface area contributed by atoms with E-state index in [4.69, 9.17) is 5.11 Å². The smallest absolute Gasteiger partial charge is 0.0751 e. The summed E-state index contributed by atoms with van der Waals surface area (Å²) in [6.45, 7) is 2.30. The fourth-order valence-electron chi connectivity index (χ4n) is 4.30. The summed E-state index contributed by atoms with van der Waals surface area (Å²) in [6, 6.07) is 0. The molecule has 0 saturated carbocycles. The van der Waals surface area contributed by atoms with E-state index in [-0.39, 0.29) is 0 Å². The van der Waals surface area contributed by atoms with E-state index in [1.54, 1.807) is 0 Å². The van der Waals surface area contributed by atoms with E-state index in [1.165, 1.54) is 160 Å². The Morgan fingerprint density at radius 1 is 0.379 bits per heavy atom. The molecule has 0 aliphatic heterocycles. The number of allylic oxidation sites excluding steroid dienone is 1. The minimum absolute atomic E-state index is 1.04. The molecule has 0 atom stereocenters. The van der Waals surface area contributed by atoms with Crippen molar-refractivity contribution in [1.82, 2.24) is 0 Å². The Balaban J connectivity index is 2.98. The second kappa shape index (κ2) is 27.5. The Hall–Kier alpha value is -0.460. The number of unbranched alkanes of at least 4 members (excludes halogenated alkanes) is 24. The minimum atomic E-state index is 1.04. The Kier molecular flexibility index (Phi) is 27.1. The molecular weight excluding hydrogens is 352 g/mol. The lowest BCUT2D eigenvalue weighted by atomic mass is 10.0. The monoisotopic (exact) mass is 408 g/mol. The highest BCUT2D eigenvalue weighted by Gasteiger charge is 1.96. The molecule has 0 amide bonds. The summed E-state index contributed by atoms with van der Waals surface area (Å²) in [7, 11) is 0. The van der Waals surface area contributed by atoms with Gasteiger partial charge in [-0.3, -0.25) is 0 Å². The third-order valence-corrected chi connectivity index (χ3v) is 6.33. The van der Waals surface area contributed by atoms with Crippen LogP contribution in [0, 0.1) is 0 Å². The molecular formula is C28H56O. The Bertz CT molecular complexity index is 297. The number of hydrogen-bond donors (Lipinski definition) is 1. The van der Waals surface area contributed by atoms with Crippen LogP contribution < -0.4 is 0 Å². The molecule has 0 heterocycles. The average molecular weight is 409 g/mol. The first-order valence-electron chi connectivity index (χ1n) is 13.7. The fraction of sp³-hybridized carbons (Fsp3) is 0.929. The van der Waals surface area contributed by atoms with Gasteiger partial charge in [0.2, 0.25) is 0 Å². The van der Waals surface area contributed by atoms with E-state index < -0.39 is 0 Å². The first-order chi connectivity index (χ1) is 14.4. The van der Waals surface area contributed by atoms with Gasteiger partial charge in [-0.1, -0.05) is 161 Å². The van der Waals surface area contributed by atoms with Crippen molar-refractivity contribution in [3.05, 3.63) is 12.3 Å². The van der Waals surface area contributed by atoms with Crippen molar-refractivity contribution >= 4 is 0 Å². The average Bonchev–Trinajstić information content (AvgIpc) is 2.74. The van der Waals surface area contributed by atoms with Crippen LogP contribution in [0.5, 0.6) is 0 Å². The topological polar surface area (TPSA) is 20.2 Å². The van der Waals surface area contributed by atoms with Gasteiger partial charge in [0, 0.05) is 0 Å². The summed E-state index contributed by atoms with van der Waals surface area (Å²) in [4.78, 5) is 0. The zero-order valence-electron chi connectivity index (χ0n) is 20.3. The fourth-order valence-corrected chi connectivity index (χ4v) is 4.30. The highest BCUT2D eigenvalue weighted by atomic mass is 16.2. The van der Waals surface area contributed by atoms with E-state index in [2.05, 4.69) is 6.92 Å². The van der Waals surface area contributed by atoms with Crippen LogP contribution in [0.4, 0.5) is 0 Å². The predicted molar refractivity (Wildman–Crippen MR) is 133 cm³/mol. The van der Waals surface area contributed by atoms with Crippen molar-refractivity contribution in [2.24, 2.45) is 0 Å². The van der Waals surface area contributed by atoms with Crippen LogP contribution in [0.3, 0.4) is 0 Å². The number of hydrogen-bond acceptors (Lipinski definition) is 1. The van der Waals surface area contributed by atoms with Gasteiger partial charge < -0.3 is 5.11 Å². The summed E-state index contributed by atoms with van der Waals surface area (Å²) in [5.74, 6) is 0. The van der Waals surface area contributed by atoms with Crippen molar-refractivity contribution in [3.8, 4) is 0 Å². The van der Waals surface area contributed by atoms with E-state index in [0.29, 0.717) is 0 Å². The lowest BCUT2D eigenvalue weighted by molar-refractivity contribution is 0.469. The molecule has 0 saturated heterocycles. The number of rotatable bonds is 25. The normalized spacial score (nSPS) is 11.6. The summed E-state index contributed by atoms with van der Waals surface area (Å²) in [5.41, 5.74) is 0. The van der Waals surface area contributed by atoms with Gasteiger partial charge in [0.1, 0.15) is 0 Å². The number of aliphatic hydroxyl groups excluding tert-OH is 1. The van der Waals surface area contributed by atoms with Gasteiger partial charge in [-0.05, 0) is 12.8 Å². The second-order valence-corrected chi connectivity index (χ2v) is 9.31. The van der Waals surface area contributed by atoms with E-state index >= 15 is 0 Å². The molecule has 0 aromatic rings. The molecule has 1 heteroatoms. The summed E-state index contributed by atoms with van der Waals surface area (Å²) < 4.78 is 0. The molecule has 0 rings (SSSR count). The van der Waals surface area contributed by atoms with Crippen molar-refractivity contribution in [2.75, 3.05) is 0 Å². The van der Waals surface area contributed by atoms with Crippen molar-refractivity contribution in [2.45, 2.75) is 167 Å². The van der Waals surface area contributed by atoms with Gasteiger partial charge in [0.15, 0.2) is 0 Å². The van der Waals surface area contributed by atoms with E-state index in [0.717, 1.165) is 6.42 Å². The van der Waals surface area contributed by atoms with Gasteiger partial charge in [-0.2, -0.15) is 0 Å². The van der Waals surface area contributed by atoms with Crippen LogP contribution in [0.2, 0.25) is 0 Å². The first-order valence-corrected chi connectivity index (χ1v) is 13.7. The zero-order chi connectivity index (χ0) is 21.1. The van der Waals surface area contributed by atoms with Crippen LogP contribution in [0.15, 0.2) is 12.3 Å². The Morgan fingerprint density at radius 3 is 0.862 bits per heavy atom. The molecule has 0 aliphatic carbocycles. The van der Waals surface area contributed by atoms with Gasteiger partial charge in [-0.15, -0.1) is 0 Å². The predicted octanol–water partition coefficient (Wildman–Crippen LogP) is 10.8.